The molecule has 5 heteroatoms. The molecule has 0 aliphatic rings. The first kappa shape index (κ1) is 17.5. The van der Waals surface area contributed by atoms with Gasteiger partial charge in [0.25, 0.3) is 0 Å². The fraction of sp³-hybridized carbons (Fsp3) is 0.438. The second-order valence-corrected chi connectivity index (χ2v) is 6.37. The van der Waals surface area contributed by atoms with Gasteiger partial charge in [-0.05, 0) is 38.5 Å². The van der Waals surface area contributed by atoms with Gasteiger partial charge in [-0.1, -0.05) is 17.9 Å². The van der Waals surface area contributed by atoms with Gasteiger partial charge < -0.3 is 10.5 Å². The summed E-state index contributed by atoms with van der Waals surface area (Å²) >= 11 is 1.41. The minimum Gasteiger partial charge on any atom is -0.459 e. The highest BCUT2D eigenvalue weighted by atomic mass is 32.2. The molecule has 0 aliphatic carbocycles. The number of esters is 1. The fourth-order valence-corrected chi connectivity index (χ4v) is 2.35. The number of rotatable bonds is 4. The van der Waals surface area contributed by atoms with Crippen molar-refractivity contribution in [1.29, 1.82) is 0 Å². The maximum atomic E-state index is 13.2. The molecule has 0 amide bonds. The van der Waals surface area contributed by atoms with Crippen LogP contribution in [0.25, 0.3) is 0 Å². The van der Waals surface area contributed by atoms with Crippen molar-refractivity contribution in [1.82, 2.24) is 0 Å². The Kier molecular flexibility index (Phi) is 6.73. The number of carbonyl (C=O) groups is 1. The topological polar surface area (TPSA) is 52.3 Å². The van der Waals surface area contributed by atoms with Crippen LogP contribution in [0.1, 0.15) is 31.9 Å². The van der Waals surface area contributed by atoms with Gasteiger partial charge in [0.2, 0.25) is 0 Å². The van der Waals surface area contributed by atoms with E-state index in [2.05, 4.69) is 11.8 Å². The number of thioether (sulfide) groups is 1. The summed E-state index contributed by atoms with van der Waals surface area (Å²) in [4.78, 5) is 11.6. The highest BCUT2D eigenvalue weighted by molar-refractivity contribution is 7.99. The van der Waals surface area contributed by atoms with Crippen molar-refractivity contribution in [2.75, 3.05) is 12.3 Å². The SMILES string of the molecule is CC(C)(C)OC(=O)CSCc1ccc(F)cc1C#CCN. The first-order valence-corrected chi connectivity index (χ1v) is 7.74. The molecule has 0 aromatic heterocycles. The van der Waals surface area contributed by atoms with E-state index in [1.807, 2.05) is 20.8 Å². The Morgan fingerprint density at radius 2 is 2.14 bits per heavy atom. The summed E-state index contributed by atoms with van der Waals surface area (Å²) in [5.41, 5.74) is 6.34. The first-order valence-electron chi connectivity index (χ1n) is 6.59. The molecule has 0 unspecified atom stereocenters. The van der Waals surface area contributed by atoms with Crippen molar-refractivity contribution in [3.63, 3.8) is 0 Å². The molecule has 0 spiro atoms. The van der Waals surface area contributed by atoms with Crippen LogP contribution >= 0.6 is 11.8 Å². The van der Waals surface area contributed by atoms with E-state index in [0.29, 0.717) is 11.3 Å². The third-order valence-corrected chi connectivity index (χ3v) is 3.25. The lowest BCUT2D eigenvalue weighted by Gasteiger charge is -2.19. The molecule has 1 rings (SSSR count). The van der Waals surface area contributed by atoms with Crippen molar-refractivity contribution in [3.8, 4) is 11.8 Å². The Morgan fingerprint density at radius 3 is 2.76 bits per heavy atom. The zero-order valence-corrected chi connectivity index (χ0v) is 13.3. The first-order chi connectivity index (χ1) is 9.81. The Labute approximate surface area is 129 Å². The van der Waals surface area contributed by atoms with Gasteiger partial charge in [0.05, 0.1) is 12.3 Å². The zero-order chi connectivity index (χ0) is 15.9. The van der Waals surface area contributed by atoms with E-state index in [1.165, 1.54) is 23.9 Å². The number of ether oxygens (including phenoxy) is 1. The average Bonchev–Trinajstić information content (AvgIpc) is 2.36. The number of hydrogen-bond acceptors (Lipinski definition) is 4. The molecule has 21 heavy (non-hydrogen) atoms. The largest absolute Gasteiger partial charge is 0.459 e. The molecule has 2 N–H and O–H groups in total. The van der Waals surface area contributed by atoms with Gasteiger partial charge in [0.1, 0.15) is 11.4 Å². The number of hydrogen-bond donors (Lipinski definition) is 1. The van der Waals surface area contributed by atoms with E-state index in [4.69, 9.17) is 10.5 Å². The minimum atomic E-state index is -0.481. The summed E-state index contributed by atoms with van der Waals surface area (Å²) in [7, 11) is 0. The third kappa shape index (κ3) is 7.16. The lowest BCUT2D eigenvalue weighted by atomic mass is 10.1. The fourth-order valence-electron chi connectivity index (χ4n) is 1.55. The summed E-state index contributed by atoms with van der Waals surface area (Å²) in [6.07, 6.45) is 0. The molecular weight excluding hydrogens is 289 g/mol. The molecule has 1 aromatic carbocycles. The van der Waals surface area contributed by atoms with Gasteiger partial charge in [-0.15, -0.1) is 11.8 Å². The van der Waals surface area contributed by atoms with Crippen molar-refractivity contribution in [2.24, 2.45) is 5.73 Å². The molecule has 1 aromatic rings. The third-order valence-electron chi connectivity index (χ3n) is 2.29. The van der Waals surface area contributed by atoms with E-state index < -0.39 is 5.60 Å². The van der Waals surface area contributed by atoms with Crippen LogP contribution < -0.4 is 5.73 Å². The quantitative estimate of drug-likeness (QED) is 0.686. The number of nitrogens with two attached hydrogens (primary N) is 1. The van der Waals surface area contributed by atoms with E-state index in [9.17, 15) is 9.18 Å². The summed E-state index contributed by atoms with van der Waals surface area (Å²) in [5, 5.41) is 0. The van der Waals surface area contributed by atoms with Crippen LogP contribution in [0.15, 0.2) is 18.2 Å². The van der Waals surface area contributed by atoms with E-state index in [-0.39, 0.29) is 24.1 Å². The smallest absolute Gasteiger partial charge is 0.316 e. The van der Waals surface area contributed by atoms with E-state index >= 15 is 0 Å². The molecule has 0 aliphatic heterocycles. The lowest BCUT2D eigenvalue weighted by molar-refractivity contribution is -0.151. The van der Waals surface area contributed by atoms with Crippen LogP contribution in [0, 0.1) is 17.7 Å². The zero-order valence-electron chi connectivity index (χ0n) is 12.5. The molecule has 0 atom stereocenters. The summed E-state index contributed by atoms with van der Waals surface area (Å²) in [6.45, 7) is 5.71. The maximum Gasteiger partial charge on any atom is 0.316 e. The van der Waals surface area contributed by atoms with Crippen LogP contribution in [-0.2, 0) is 15.3 Å². The number of halogens is 1. The van der Waals surface area contributed by atoms with E-state index in [1.54, 1.807) is 6.07 Å². The van der Waals surface area contributed by atoms with Crippen LogP contribution in [0.2, 0.25) is 0 Å². The van der Waals surface area contributed by atoms with Crippen molar-refractivity contribution in [3.05, 3.63) is 35.1 Å². The van der Waals surface area contributed by atoms with Gasteiger partial charge in [-0.25, -0.2) is 4.39 Å². The van der Waals surface area contributed by atoms with Gasteiger partial charge >= 0.3 is 5.97 Å². The summed E-state index contributed by atoms with van der Waals surface area (Å²) < 4.78 is 18.5. The minimum absolute atomic E-state index is 0.223. The second-order valence-electron chi connectivity index (χ2n) is 5.39. The molecule has 3 nitrogen and oxygen atoms in total. The van der Waals surface area contributed by atoms with E-state index in [0.717, 1.165) is 5.56 Å². The summed E-state index contributed by atoms with van der Waals surface area (Å²) in [5.74, 6) is 5.77. The highest BCUT2D eigenvalue weighted by Gasteiger charge is 2.16. The predicted molar refractivity (Wildman–Crippen MR) is 84.3 cm³/mol. The molecule has 0 bridgehead atoms. The van der Waals surface area contributed by atoms with Crippen LogP contribution in [0.5, 0.6) is 0 Å². The predicted octanol–water partition coefficient (Wildman–Crippen LogP) is 2.71. The normalized spacial score (nSPS) is 10.7. The molecule has 0 fully saturated rings. The van der Waals surface area contributed by atoms with Gasteiger partial charge in [0.15, 0.2) is 0 Å². The standard InChI is InChI=1S/C16H20FNO2S/c1-16(2,3)20-15(19)11-21-10-13-6-7-14(17)9-12(13)5-4-8-18/h6-7,9H,8,10-11,18H2,1-3H3. The van der Waals surface area contributed by atoms with Crippen molar-refractivity contribution >= 4 is 17.7 Å². The molecule has 0 heterocycles. The molecular formula is C16H20FNO2S. The second kappa shape index (κ2) is 8.06. The Bertz CT molecular complexity index is 556. The number of carbonyl (C=O) groups excluding carboxylic acids is 1. The van der Waals surface area contributed by atoms with Crippen LogP contribution in [0.4, 0.5) is 4.39 Å². The Morgan fingerprint density at radius 1 is 1.43 bits per heavy atom. The van der Waals surface area contributed by atoms with Crippen molar-refractivity contribution in [2.45, 2.75) is 32.1 Å². The Balaban J connectivity index is 2.61. The van der Waals surface area contributed by atoms with Gasteiger partial charge in [0, 0.05) is 11.3 Å². The molecule has 114 valence electrons. The molecule has 0 radical (unpaired) electrons. The number of benzene rings is 1. The van der Waals surface area contributed by atoms with Gasteiger partial charge in [-0.2, -0.15) is 0 Å². The van der Waals surface area contributed by atoms with Crippen LogP contribution in [-0.4, -0.2) is 23.9 Å². The average molecular weight is 309 g/mol. The Hall–Kier alpha value is -1.51. The molecule has 0 saturated carbocycles. The molecule has 0 saturated heterocycles. The summed E-state index contributed by atoms with van der Waals surface area (Å²) in [6, 6.07) is 4.45. The lowest BCUT2D eigenvalue weighted by Crippen LogP contribution is -2.24. The highest BCUT2D eigenvalue weighted by Crippen LogP contribution is 2.18. The monoisotopic (exact) mass is 309 g/mol. The van der Waals surface area contributed by atoms with Crippen LogP contribution in [0.3, 0.4) is 0 Å². The van der Waals surface area contributed by atoms with Gasteiger partial charge in [-0.3, -0.25) is 4.79 Å². The van der Waals surface area contributed by atoms with Crippen molar-refractivity contribution < 1.29 is 13.9 Å². The maximum absolute atomic E-state index is 13.2.